The van der Waals surface area contributed by atoms with Crippen molar-refractivity contribution in [2.45, 2.75) is 37.7 Å². The van der Waals surface area contributed by atoms with Crippen molar-refractivity contribution >= 4 is 31.6 Å². The average molecular weight is 433 g/mol. The fourth-order valence-electron chi connectivity index (χ4n) is 3.52. The molecule has 0 N–H and O–H groups in total. The van der Waals surface area contributed by atoms with E-state index < -0.39 is 10.0 Å². The maximum absolute atomic E-state index is 13.1. The number of ether oxygens (including phenoxy) is 2. The number of rotatable bonds is 5. The van der Waals surface area contributed by atoms with E-state index in [9.17, 15) is 8.42 Å². The molecule has 6 nitrogen and oxygen atoms in total. The molecule has 0 spiro atoms. The molecule has 8 heteroatoms. The molecule has 1 aliphatic heterocycles. The predicted octanol–water partition coefficient (Wildman–Crippen LogP) is 4.15. The Morgan fingerprint density at radius 1 is 1.10 bits per heavy atom. The molecular weight excluding hydrogens is 408 g/mol. The first-order chi connectivity index (χ1) is 13.9. The van der Waals surface area contributed by atoms with Crippen LogP contribution in [0.2, 0.25) is 0 Å². The Balaban J connectivity index is 1.43. The summed E-state index contributed by atoms with van der Waals surface area (Å²) in [5.41, 5.74) is 2.57. The molecule has 29 heavy (non-hydrogen) atoms. The molecule has 0 amide bonds. The quantitative estimate of drug-likeness (QED) is 0.606. The van der Waals surface area contributed by atoms with Crippen LogP contribution in [0.1, 0.15) is 24.0 Å². The average Bonchev–Trinajstić information content (AvgIpc) is 3.11. The molecular formula is C21H24N2O4S2. The van der Waals surface area contributed by atoms with Gasteiger partial charge in [-0.3, -0.25) is 0 Å². The second-order valence-corrected chi connectivity index (χ2v) is 10.2. The normalized spacial score (nSPS) is 16.2. The van der Waals surface area contributed by atoms with Crippen LogP contribution in [0.3, 0.4) is 0 Å². The number of aromatic nitrogens is 1. The Kier molecular flexibility index (Phi) is 5.50. The van der Waals surface area contributed by atoms with Crippen LogP contribution in [-0.4, -0.2) is 44.0 Å². The molecule has 0 aliphatic carbocycles. The molecule has 2 aromatic carbocycles. The first-order valence-corrected chi connectivity index (χ1v) is 11.8. The standard InChI is InChI=1S/C21H24N2O4S2/c1-14-4-5-15(2)20(12-14)29(24,25)23-10-8-16(9-11-23)27-21-22-18-13-17(26-3)6-7-19(18)28-21/h4-7,12-13,16H,8-11H2,1-3H3. The lowest BCUT2D eigenvalue weighted by Gasteiger charge is -2.31. The van der Waals surface area contributed by atoms with Crippen molar-refractivity contribution in [3.05, 3.63) is 47.5 Å². The first kappa shape index (κ1) is 20.1. The smallest absolute Gasteiger partial charge is 0.274 e. The molecule has 0 atom stereocenters. The second kappa shape index (κ2) is 7.93. The van der Waals surface area contributed by atoms with Gasteiger partial charge in [-0.1, -0.05) is 23.5 Å². The monoisotopic (exact) mass is 432 g/mol. The number of nitrogens with zero attached hydrogens (tertiary/aromatic N) is 2. The molecule has 1 aromatic heterocycles. The number of hydrogen-bond acceptors (Lipinski definition) is 6. The van der Waals surface area contributed by atoms with Crippen LogP contribution in [0.5, 0.6) is 10.9 Å². The number of hydrogen-bond donors (Lipinski definition) is 0. The lowest BCUT2D eigenvalue weighted by Crippen LogP contribution is -2.41. The van der Waals surface area contributed by atoms with Crippen LogP contribution in [0.25, 0.3) is 10.2 Å². The molecule has 0 unspecified atom stereocenters. The Labute approximate surface area is 175 Å². The van der Waals surface area contributed by atoms with E-state index in [2.05, 4.69) is 4.98 Å². The van der Waals surface area contributed by atoms with E-state index in [1.54, 1.807) is 17.5 Å². The van der Waals surface area contributed by atoms with Crippen LogP contribution in [-0.2, 0) is 10.0 Å². The molecule has 0 saturated carbocycles. The van der Waals surface area contributed by atoms with Crippen molar-refractivity contribution in [2.24, 2.45) is 0 Å². The summed E-state index contributed by atoms with van der Waals surface area (Å²) >= 11 is 1.50. The van der Waals surface area contributed by atoms with E-state index in [1.807, 2.05) is 44.2 Å². The van der Waals surface area contributed by atoms with Gasteiger partial charge in [0.25, 0.3) is 5.19 Å². The van der Waals surface area contributed by atoms with E-state index in [1.165, 1.54) is 11.3 Å². The molecule has 1 saturated heterocycles. The molecule has 0 bridgehead atoms. The number of aryl methyl sites for hydroxylation is 2. The molecule has 1 aliphatic rings. The third-order valence-corrected chi connectivity index (χ3v) is 8.17. The lowest BCUT2D eigenvalue weighted by molar-refractivity contribution is 0.135. The molecule has 3 aromatic rings. The summed E-state index contributed by atoms with van der Waals surface area (Å²) in [7, 11) is -1.86. The first-order valence-electron chi connectivity index (χ1n) is 9.55. The van der Waals surface area contributed by atoms with Gasteiger partial charge in [0.1, 0.15) is 11.9 Å². The van der Waals surface area contributed by atoms with E-state index in [4.69, 9.17) is 9.47 Å². The number of fused-ring (bicyclic) bond motifs is 1. The fraction of sp³-hybridized carbons (Fsp3) is 0.381. The number of sulfonamides is 1. The Morgan fingerprint density at radius 3 is 2.59 bits per heavy atom. The fourth-order valence-corrected chi connectivity index (χ4v) is 6.16. The van der Waals surface area contributed by atoms with E-state index in [0.717, 1.165) is 27.1 Å². The number of methoxy groups -OCH3 is 1. The van der Waals surface area contributed by atoms with Crippen LogP contribution >= 0.6 is 11.3 Å². The summed E-state index contributed by atoms with van der Waals surface area (Å²) in [5.74, 6) is 0.763. The summed E-state index contributed by atoms with van der Waals surface area (Å²) in [5, 5.41) is 0.615. The summed E-state index contributed by atoms with van der Waals surface area (Å²) in [6.07, 6.45) is 1.25. The Morgan fingerprint density at radius 2 is 1.86 bits per heavy atom. The minimum Gasteiger partial charge on any atom is -0.497 e. The third-order valence-electron chi connectivity index (χ3n) is 5.21. The van der Waals surface area contributed by atoms with Crippen molar-refractivity contribution in [2.75, 3.05) is 20.2 Å². The van der Waals surface area contributed by atoms with E-state index >= 15 is 0 Å². The summed E-state index contributed by atoms with van der Waals surface area (Å²) in [4.78, 5) is 4.94. The molecule has 4 rings (SSSR count). The van der Waals surface area contributed by atoms with Gasteiger partial charge in [-0.05, 0) is 56.0 Å². The topological polar surface area (TPSA) is 68.7 Å². The maximum Gasteiger partial charge on any atom is 0.274 e. The van der Waals surface area contributed by atoms with E-state index in [0.29, 0.717) is 36.0 Å². The second-order valence-electron chi connectivity index (χ2n) is 7.30. The predicted molar refractivity (Wildman–Crippen MR) is 114 cm³/mol. The van der Waals surface area contributed by atoms with Gasteiger partial charge in [-0.25, -0.2) is 13.4 Å². The highest BCUT2D eigenvalue weighted by atomic mass is 32.2. The van der Waals surface area contributed by atoms with Gasteiger partial charge < -0.3 is 9.47 Å². The minimum absolute atomic E-state index is 0.0393. The molecule has 1 fully saturated rings. The van der Waals surface area contributed by atoms with Crippen LogP contribution in [0.4, 0.5) is 0 Å². The van der Waals surface area contributed by atoms with Crippen molar-refractivity contribution in [1.29, 1.82) is 0 Å². The Bertz CT molecular complexity index is 1130. The molecule has 2 heterocycles. The Hall–Kier alpha value is -2.16. The summed E-state index contributed by atoms with van der Waals surface area (Å²) < 4.78 is 40.0. The van der Waals surface area contributed by atoms with Gasteiger partial charge in [0.2, 0.25) is 10.0 Å². The highest BCUT2D eigenvalue weighted by Gasteiger charge is 2.31. The number of piperidine rings is 1. The van der Waals surface area contributed by atoms with Crippen LogP contribution < -0.4 is 9.47 Å². The van der Waals surface area contributed by atoms with Gasteiger partial charge in [-0.15, -0.1) is 0 Å². The summed E-state index contributed by atoms with van der Waals surface area (Å²) in [6.45, 7) is 4.63. The van der Waals surface area contributed by atoms with Crippen molar-refractivity contribution < 1.29 is 17.9 Å². The zero-order valence-corrected chi connectivity index (χ0v) is 18.3. The highest BCUT2D eigenvalue weighted by Crippen LogP contribution is 2.32. The number of thiazole rings is 1. The van der Waals surface area contributed by atoms with Gasteiger partial charge in [0.15, 0.2) is 0 Å². The van der Waals surface area contributed by atoms with Crippen molar-refractivity contribution in [1.82, 2.24) is 9.29 Å². The van der Waals surface area contributed by atoms with E-state index in [-0.39, 0.29) is 6.10 Å². The van der Waals surface area contributed by atoms with Crippen molar-refractivity contribution in [3.63, 3.8) is 0 Å². The zero-order valence-electron chi connectivity index (χ0n) is 16.7. The largest absolute Gasteiger partial charge is 0.497 e. The van der Waals surface area contributed by atoms with Gasteiger partial charge in [0.05, 0.1) is 22.2 Å². The minimum atomic E-state index is -3.49. The van der Waals surface area contributed by atoms with Crippen LogP contribution in [0.15, 0.2) is 41.3 Å². The van der Waals surface area contributed by atoms with Crippen molar-refractivity contribution in [3.8, 4) is 10.9 Å². The molecule has 154 valence electrons. The molecule has 0 radical (unpaired) electrons. The summed E-state index contributed by atoms with van der Waals surface area (Å²) in [6, 6.07) is 11.3. The lowest BCUT2D eigenvalue weighted by atomic mass is 10.1. The van der Waals surface area contributed by atoms with Gasteiger partial charge >= 0.3 is 0 Å². The van der Waals surface area contributed by atoms with Crippen LogP contribution in [0, 0.1) is 13.8 Å². The zero-order chi connectivity index (χ0) is 20.6. The SMILES string of the molecule is COc1ccc2sc(OC3CCN(S(=O)(=O)c4cc(C)ccc4C)CC3)nc2c1. The van der Waals surface area contributed by atoms with Gasteiger partial charge in [0, 0.05) is 19.2 Å². The number of benzene rings is 2. The highest BCUT2D eigenvalue weighted by molar-refractivity contribution is 7.89. The third kappa shape index (κ3) is 4.10. The maximum atomic E-state index is 13.1. The van der Waals surface area contributed by atoms with Gasteiger partial charge in [-0.2, -0.15) is 4.31 Å².